The Morgan fingerprint density at radius 2 is 1.75 bits per heavy atom. The standard InChI is InChI=1S/C12H23N3O/c1-14(2)12(16)8-15(3)11-6-9-4-5-10(7-11)13-9/h9-11,13H,4-8H2,1-3H3. The number of likely N-dealkylation sites (N-methyl/N-ethyl adjacent to an activating group) is 2. The summed E-state index contributed by atoms with van der Waals surface area (Å²) in [6.07, 6.45) is 5.04. The van der Waals surface area contributed by atoms with Crippen LogP contribution in [-0.2, 0) is 4.79 Å². The lowest BCUT2D eigenvalue weighted by molar-refractivity contribution is -0.130. The third-order valence-corrected chi connectivity index (χ3v) is 3.95. The highest BCUT2D eigenvalue weighted by atomic mass is 16.2. The maximum absolute atomic E-state index is 11.6. The molecule has 2 saturated heterocycles. The van der Waals surface area contributed by atoms with Crippen LogP contribution in [0.5, 0.6) is 0 Å². The van der Waals surface area contributed by atoms with Crippen molar-refractivity contribution < 1.29 is 4.79 Å². The molecule has 2 bridgehead atoms. The van der Waals surface area contributed by atoms with Gasteiger partial charge in [0.2, 0.25) is 5.91 Å². The molecule has 1 N–H and O–H groups in total. The number of hydrogen-bond donors (Lipinski definition) is 1. The Morgan fingerprint density at radius 1 is 1.19 bits per heavy atom. The van der Waals surface area contributed by atoms with E-state index in [-0.39, 0.29) is 5.91 Å². The van der Waals surface area contributed by atoms with Gasteiger partial charge in [0.15, 0.2) is 0 Å². The lowest BCUT2D eigenvalue weighted by Gasteiger charge is -2.35. The summed E-state index contributed by atoms with van der Waals surface area (Å²) in [5, 5.41) is 3.63. The fraction of sp³-hybridized carbons (Fsp3) is 0.917. The first-order chi connectivity index (χ1) is 7.56. The van der Waals surface area contributed by atoms with Crippen LogP contribution >= 0.6 is 0 Å². The molecule has 0 aromatic carbocycles. The summed E-state index contributed by atoms with van der Waals surface area (Å²) in [7, 11) is 5.72. The van der Waals surface area contributed by atoms with E-state index >= 15 is 0 Å². The molecule has 2 aliphatic rings. The highest BCUT2D eigenvalue weighted by Crippen LogP contribution is 2.29. The van der Waals surface area contributed by atoms with Gasteiger partial charge in [0.05, 0.1) is 6.54 Å². The second kappa shape index (κ2) is 4.72. The zero-order valence-electron chi connectivity index (χ0n) is 10.6. The van der Waals surface area contributed by atoms with Crippen molar-refractivity contribution in [3.05, 3.63) is 0 Å². The van der Waals surface area contributed by atoms with Gasteiger partial charge in [0.1, 0.15) is 0 Å². The Hall–Kier alpha value is -0.610. The first-order valence-corrected chi connectivity index (χ1v) is 6.22. The summed E-state index contributed by atoms with van der Waals surface area (Å²) in [6.45, 7) is 0.553. The molecule has 4 heteroatoms. The van der Waals surface area contributed by atoms with E-state index in [4.69, 9.17) is 0 Å². The summed E-state index contributed by atoms with van der Waals surface area (Å²) in [5.41, 5.74) is 0. The Morgan fingerprint density at radius 3 is 2.25 bits per heavy atom. The molecule has 0 aromatic rings. The van der Waals surface area contributed by atoms with Crippen LogP contribution in [0, 0.1) is 0 Å². The summed E-state index contributed by atoms with van der Waals surface area (Å²) in [5.74, 6) is 0.202. The molecule has 2 rings (SSSR count). The number of nitrogens with zero attached hydrogens (tertiary/aromatic N) is 2. The van der Waals surface area contributed by atoms with Gasteiger partial charge in [-0.2, -0.15) is 0 Å². The van der Waals surface area contributed by atoms with Gasteiger partial charge in [-0.25, -0.2) is 0 Å². The molecule has 0 spiro atoms. The van der Waals surface area contributed by atoms with Gasteiger partial charge in [-0.05, 0) is 32.7 Å². The predicted molar refractivity (Wildman–Crippen MR) is 64.3 cm³/mol. The minimum atomic E-state index is 0.202. The number of rotatable bonds is 3. The molecule has 2 aliphatic heterocycles. The van der Waals surface area contributed by atoms with Crippen LogP contribution in [0.3, 0.4) is 0 Å². The average molecular weight is 225 g/mol. The maximum atomic E-state index is 11.6. The van der Waals surface area contributed by atoms with Crippen LogP contribution in [0.15, 0.2) is 0 Å². The van der Waals surface area contributed by atoms with E-state index in [1.54, 1.807) is 4.90 Å². The predicted octanol–water partition coefficient (Wildman–Crippen LogP) is 0.289. The van der Waals surface area contributed by atoms with Crippen molar-refractivity contribution in [1.29, 1.82) is 0 Å². The highest BCUT2D eigenvalue weighted by molar-refractivity contribution is 5.77. The summed E-state index contributed by atoms with van der Waals surface area (Å²) in [6, 6.07) is 1.98. The molecule has 2 atom stereocenters. The maximum Gasteiger partial charge on any atom is 0.236 e. The molecular formula is C12H23N3O. The van der Waals surface area contributed by atoms with Crippen LogP contribution in [0.25, 0.3) is 0 Å². The van der Waals surface area contributed by atoms with Crippen LogP contribution < -0.4 is 5.32 Å². The van der Waals surface area contributed by atoms with Crippen molar-refractivity contribution >= 4 is 5.91 Å². The summed E-state index contributed by atoms with van der Waals surface area (Å²) >= 11 is 0. The number of amides is 1. The third kappa shape index (κ3) is 2.55. The largest absolute Gasteiger partial charge is 0.348 e. The Kier molecular flexibility index (Phi) is 3.50. The molecule has 0 aliphatic carbocycles. The van der Waals surface area contributed by atoms with Gasteiger partial charge in [0, 0.05) is 32.2 Å². The normalized spacial score (nSPS) is 33.1. The third-order valence-electron chi connectivity index (χ3n) is 3.95. The molecular weight excluding hydrogens is 202 g/mol. The van der Waals surface area contributed by atoms with Gasteiger partial charge in [0.25, 0.3) is 0 Å². The van der Waals surface area contributed by atoms with Crippen molar-refractivity contribution in [3.8, 4) is 0 Å². The highest BCUT2D eigenvalue weighted by Gasteiger charge is 2.35. The second-order valence-electron chi connectivity index (χ2n) is 5.47. The molecule has 0 saturated carbocycles. The average Bonchev–Trinajstić information content (AvgIpc) is 2.57. The van der Waals surface area contributed by atoms with Gasteiger partial charge >= 0.3 is 0 Å². The van der Waals surface area contributed by atoms with Gasteiger partial charge in [-0.3, -0.25) is 9.69 Å². The Labute approximate surface area is 98.0 Å². The molecule has 0 radical (unpaired) electrons. The number of fused-ring (bicyclic) bond motifs is 2. The van der Waals surface area contributed by atoms with Crippen LogP contribution in [0.1, 0.15) is 25.7 Å². The number of piperidine rings is 1. The Balaban J connectivity index is 1.85. The topological polar surface area (TPSA) is 35.6 Å². The lowest BCUT2D eigenvalue weighted by atomic mass is 9.98. The van der Waals surface area contributed by atoms with Crippen molar-refractivity contribution in [2.24, 2.45) is 0 Å². The van der Waals surface area contributed by atoms with E-state index in [0.29, 0.717) is 24.7 Å². The molecule has 16 heavy (non-hydrogen) atoms. The minimum absolute atomic E-state index is 0.202. The van der Waals surface area contributed by atoms with E-state index in [2.05, 4.69) is 17.3 Å². The first-order valence-electron chi connectivity index (χ1n) is 6.22. The van der Waals surface area contributed by atoms with Gasteiger partial charge < -0.3 is 10.2 Å². The SMILES string of the molecule is CN(C)C(=O)CN(C)C1CC2CCC(C1)N2. The van der Waals surface area contributed by atoms with Crippen molar-refractivity contribution in [2.75, 3.05) is 27.7 Å². The zero-order valence-corrected chi connectivity index (χ0v) is 10.6. The van der Waals surface area contributed by atoms with Crippen LogP contribution in [0.2, 0.25) is 0 Å². The summed E-state index contributed by atoms with van der Waals surface area (Å²) in [4.78, 5) is 15.5. The second-order valence-corrected chi connectivity index (χ2v) is 5.47. The molecule has 2 heterocycles. The van der Waals surface area contributed by atoms with E-state index in [0.717, 1.165) is 0 Å². The van der Waals surface area contributed by atoms with Gasteiger partial charge in [-0.15, -0.1) is 0 Å². The van der Waals surface area contributed by atoms with Crippen LogP contribution in [0.4, 0.5) is 0 Å². The van der Waals surface area contributed by atoms with E-state index in [1.807, 2.05) is 14.1 Å². The Bertz CT molecular complexity index is 255. The van der Waals surface area contributed by atoms with Crippen molar-refractivity contribution in [3.63, 3.8) is 0 Å². The smallest absolute Gasteiger partial charge is 0.236 e. The fourth-order valence-electron chi connectivity index (χ4n) is 2.87. The number of carbonyl (C=O) groups excluding carboxylic acids is 1. The molecule has 4 nitrogen and oxygen atoms in total. The van der Waals surface area contributed by atoms with Crippen molar-refractivity contribution in [2.45, 2.75) is 43.8 Å². The van der Waals surface area contributed by atoms with E-state index in [1.165, 1.54) is 25.7 Å². The monoisotopic (exact) mass is 225 g/mol. The minimum Gasteiger partial charge on any atom is -0.348 e. The van der Waals surface area contributed by atoms with E-state index < -0.39 is 0 Å². The lowest BCUT2D eigenvalue weighted by Crippen LogP contribution is -2.49. The fourth-order valence-corrected chi connectivity index (χ4v) is 2.87. The molecule has 2 unspecified atom stereocenters. The molecule has 0 aromatic heterocycles. The quantitative estimate of drug-likeness (QED) is 0.750. The molecule has 92 valence electrons. The number of carbonyl (C=O) groups is 1. The summed E-state index contributed by atoms with van der Waals surface area (Å²) < 4.78 is 0. The van der Waals surface area contributed by atoms with Crippen LogP contribution in [-0.4, -0.2) is 61.5 Å². The molecule has 2 fully saturated rings. The zero-order chi connectivity index (χ0) is 11.7. The van der Waals surface area contributed by atoms with Gasteiger partial charge in [-0.1, -0.05) is 0 Å². The first kappa shape index (κ1) is 11.9. The number of nitrogens with one attached hydrogen (secondary N) is 1. The van der Waals surface area contributed by atoms with Crippen molar-refractivity contribution in [1.82, 2.24) is 15.1 Å². The number of hydrogen-bond acceptors (Lipinski definition) is 3. The molecule has 1 amide bonds. The van der Waals surface area contributed by atoms with E-state index in [9.17, 15) is 4.79 Å².